The number of nitrogens with zero attached hydrogens (tertiary/aromatic N) is 3. The average Bonchev–Trinajstić information content (AvgIpc) is 3.04. The van der Waals surface area contributed by atoms with E-state index in [0.29, 0.717) is 41.1 Å². The maximum Gasteiger partial charge on any atom is 0.276 e. The van der Waals surface area contributed by atoms with E-state index in [-0.39, 0.29) is 11.6 Å². The highest BCUT2D eigenvalue weighted by atomic mass is 32.1. The van der Waals surface area contributed by atoms with Crippen LogP contribution in [0.5, 0.6) is 0 Å². The number of aromatic nitrogens is 2. The van der Waals surface area contributed by atoms with Gasteiger partial charge in [-0.15, -0.1) is 11.3 Å². The van der Waals surface area contributed by atoms with Crippen molar-refractivity contribution in [1.82, 2.24) is 14.9 Å². The number of primary amides is 1. The van der Waals surface area contributed by atoms with Crippen molar-refractivity contribution < 1.29 is 14.4 Å². The predicted octanol–water partition coefficient (Wildman–Crippen LogP) is 1.95. The molecule has 0 atom stereocenters. The van der Waals surface area contributed by atoms with Crippen LogP contribution >= 0.6 is 11.3 Å². The summed E-state index contributed by atoms with van der Waals surface area (Å²) < 4.78 is 0. The molecule has 3 amide bonds. The fourth-order valence-electron chi connectivity index (χ4n) is 3.25. The zero-order chi connectivity index (χ0) is 19.8. The summed E-state index contributed by atoms with van der Waals surface area (Å²) in [5.41, 5.74) is 8.12. The van der Waals surface area contributed by atoms with Crippen LogP contribution in [-0.4, -0.2) is 39.1 Å². The first-order chi connectivity index (χ1) is 13.4. The molecule has 0 radical (unpaired) electrons. The number of nitrogens with two attached hydrogens (primary N) is 1. The van der Waals surface area contributed by atoms with E-state index in [1.807, 2.05) is 18.2 Å². The largest absolute Gasteiger partial charge is 0.365 e. The second-order valence-corrected chi connectivity index (χ2v) is 7.57. The number of hydrogen-bond acceptors (Lipinski definition) is 6. The van der Waals surface area contributed by atoms with Crippen LogP contribution in [-0.2, 0) is 17.8 Å². The lowest BCUT2D eigenvalue weighted by molar-refractivity contribution is -0.129. The van der Waals surface area contributed by atoms with Gasteiger partial charge < -0.3 is 16.0 Å². The maximum absolute atomic E-state index is 12.7. The number of benzene rings is 1. The summed E-state index contributed by atoms with van der Waals surface area (Å²) >= 11 is 1.26. The second kappa shape index (κ2) is 7.01. The van der Waals surface area contributed by atoms with Crippen LogP contribution in [0.3, 0.4) is 0 Å². The Balaban J connectivity index is 1.66. The van der Waals surface area contributed by atoms with Crippen molar-refractivity contribution in [1.29, 1.82) is 0 Å². The van der Waals surface area contributed by atoms with E-state index in [0.717, 1.165) is 10.4 Å². The minimum absolute atomic E-state index is 0.0308. The van der Waals surface area contributed by atoms with Gasteiger partial charge in [-0.3, -0.25) is 19.4 Å². The average molecular weight is 395 g/mol. The molecule has 3 heterocycles. The molecule has 0 aliphatic carbocycles. The minimum Gasteiger partial charge on any atom is -0.365 e. The van der Waals surface area contributed by atoms with Gasteiger partial charge in [0.15, 0.2) is 0 Å². The Morgan fingerprint density at radius 1 is 1.21 bits per heavy atom. The van der Waals surface area contributed by atoms with Crippen molar-refractivity contribution in [2.75, 3.05) is 11.9 Å². The number of anilines is 1. The normalized spacial score (nSPS) is 13.2. The van der Waals surface area contributed by atoms with Crippen molar-refractivity contribution in [3.8, 4) is 0 Å². The second-order valence-electron chi connectivity index (χ2n) is 6.46. The molecule has 1 aliphatic rings. The van der Waals surface area contributed by atoms with Crippen LogP contribution in [0.25, 0.3) is 11.0 Å². The monoisotopic (exact) mass is 395 g/mol. The summed E-state index contributed by atoms with van der Waals surface area (Å²) in [6.07, 6.45) is 1.92. The van der Waals surface area contributed by atoms with E-state index in [1.54, 1.807) is 11.0 Å². The molecule has 0 saturated heterocycles. The molecule has 0 unspecified atom stereocenters. The number of carbonyl (C=O) groups excluding carboxylic acids is 3. The van der Waals surface area contributed by atoms with Gasteiger partial charge in [-0.05, 0) is 24.1 Å². The van der Waals surface area contributed by atoms with Crippen LogP contribution in [0.15, 0.2) is 30.5 Å². The molecule has 142 valence electrons. The zero-order valence-electron chi connectivity index (χ0n) is 15.1. The van der Waals surface area contributed by atoms with Gasteiger partial charge in [-0.25, -0.2) is 4.98 Å². The fraction of sp³-hybridized carbons (Fsp3) is 0.211. The number of para-hydroxylation sites is 2. The Morgan fingerprint density at radius 3 is 2.68 bits per heavy atom. The maximum atomic E-state index is 12.7. The van der Waals surface area contributed by atoms with E-state index >= 15 is 0 Å². The molecular formula is C19H17N5O3S. The summed E-state index contributed by atoms with van der Waals surface area (Å²) in [6, 6.07) is 7.24. The molecule has 1 aliphatic heterocycles. The van der Waals surface area contributed by atoms with Gasteiger partial charge in [0.2, 0.25) is 5.91 Å². The van der Waals surface area contributed by atoms with E-state index in [1.165, 1.54) is 24.5 Å². The zero-order valence-corrected chi connectivity index (χ0v) is 15.9. The van der Waals surface area contributed by atoms with Crippen LogP contribution in [0.4, 0.5) is 5.00 Å². The van der Waals surface area contributed by atoms with Crippen LogP contribution < -0.4 is 11.1 Å². The molecule has 2 aromatic heterocycles. The number of rotatable bonds is 3. The lowest BCUT2D eigenvalue weighted by atomic mass is 10.0. The van der Waals surface area contributed by atoms with Crippen molar-refractivity contribution >= 4 is 45.1 Å². The molecule has 0 spiro atoms. The van der Waals surface area contributed by atoms with Gasteiger partial charge in [0, 0.05) is 18.3 Å². The number of thiophene rings is 1. The van der Waals surface area contributed by atoms with Crippen LogP contribution in [0.1, 0.15) is 38.2 Å². The van der Waals surface area contributed by atoms with Gasteiger partial charge in [0.1, 0.15) is 10.7 Å². The SMILES string of the molecule is CC(=O)N1CCc2c(sc(NC(=O)c3cnc4ccccc4n3)c2C(N)=O)C1. The third-order valence-corrected chi connectivity index (χ3v) is 5.79. The Labute approximate surface area is 164 Å². The lowest BCUT2D eigenvalue weighted by Gasteiger charge is -2.25. The van der Waals surface area contributed by atoms with Crippen molar-refractivity contribution in [3.63, 3.8) is 0 Å². The van der Waals surface area contributed by atoms with Gasteiger partial charge in [-0.1, -0.05) is 12.1 Å². The summed E-state index contributed by atoms with van der Waals surface area (Å²) in [4.78, 5) is 47.5. The third kappa shape index (κ3) is 3.20. The molecule has 0 saturated carbocycles. The van der Waals surface area contributed by atoms with E-state index in [9.17, 15) is 14.4 Å². The number of hydrogen-bond donors (Lipinski definition) is 2. The highest BCUT2D eigenvalue weighted by Crippen LogP contribution is 2.37. The lowest BCUT2D eigenvalue weighted by Crippen LogP contribution is -2.34. The van der Waals surface area contributed by atoms with E-state index < -0.39 is 11.8 Å². The molecule has 3 N–H and O–H groups in total. The van der Waals surface area contributed by atoms with E-state index in [4.69, 9.17) is 5.73 Å². The molecule has 28 heavy (non-hydrogen) atoms. The van der Waals surface area contributed by atoms with Crippen molar-refractivity contribution in [2.24, 2.45) is 5.73 Å². The quantitative estimate of drug-likeness (QED) is 0.703. The smallest absolute Gasteiger partial charge is 0.276 e. The van der Waals surface area contributed by atoms with Gasteiger partial charge in [0.25, 0.3) is 11.8 Å². The molecule has 0 fully saturated rings. The Morgan fingerprint density at radius 2 is 1.96 bits per heavy atom. The summed E-state index contributed by atoms with van der Waals surface area (Å²) in [6.45, 7) is 2.43. The highest BCUT2D eigenvalue weighted by Gasteiger charge is 2.28. The Bertz CT molecular complexity index is 1120. The summed E-state index contributed by atoms with van der Waals surface area (Å²) in [5, 5.41) is 3.12. The number of amides is 3. The molecule has 0 bridgehead atoms. The molecule has 8 nitrogen and oxygen atoms in total. The van der Waals surface area contributed by atoms with Gasteiger partial charge in [-0.2, -0.15) is 0 Å². The fourth-order valence-corrected chi connectivity index (χ4v) is 4.52. The number of carbonyl (C=O) groups is 3. The number of fused-ring (bicyclic) bond motifs is 2. The molecule has 3 aromatic rings. The van der Waals surface area contributed by atoms with Gasteiger partial charge in [0.05, 0.1) is 29.3 Å². The highest BCUT2D eigenvalue weighted by molar-refractivity contribution is 7.17. The molecule has 4 rings (SSSR count). The first-order valence-electron chi connectivity index (χ1n) is 8.67. The third-order valence-electron chi connectivity index (χ3n) is 4.66. The van der Waals surface area contributed by atoms with Gasteiger partial charge >= 0.3 is 0 Å². The van der Waals surface area contributed by atoms with Crippen LogP contribution in [0, 0.1) is 0 Å². The first kappa shape index (κ1) is 18.1. The van der Waals surface area contributed by atoms with Crippen molar-refractivity contribution in [3.05, 3.63) is 52.2 Å². The first-order valence-corrected chi connectivity index (χ1v) is 9.48. The predicted molar refractivity (Wildman–Crippen MR) is 105 cm³/mol. The van der Waals surface area contributed by atoms with Crippen LogP contribution in [0.2, 0.25) is 0 Å². The van der Waals surface area contributed by atoms with E-state index in [2.05, 4.69) is 15.3 Å². The summed E-state index contributed by atoms with van der Waals surface area (Å²) in [5.74, 6) is -1.10. The number of nitrogens with one attached hydrogen (secondary N) is 1. The minimum atomic E-state index is -0.603. The molecular weight excluding hydrogens is 378 g/mol. The molecule has 9 heteroatoms. The Hall–Kier alpha value is -3.33. The molecule has 1 aromatic carbocycles. The summed E-state index contributed by atoms with van der Waals surface area (Å²) in [7, 11) is 0. The van der Waals surface area contributed by atoms with Crippen molar-refractivity contribution in [2.45, 2.75) is 19.9 Å². The topological polar surface area (TPSA) is 118 Å². The standard InChI is InChI=1S/C19H17N5O3S/c1-10(25)24-7-6-11-15(9-24)28-19(16(11)17(20)26)23-18(27)14-8-21-12-4-2-3-5-13(12)22-14/h2-5,8H,6-7,9H2,1H3,(H2,20,26)(H,23,27). The Kier molecular flexibility index (Phi) is 4.52.